The Kier molecular flexibility index (Phi) is 5.49. The molecule has 0 radical (unpaired) electrons. The van der Waals surface area contributed by atoms with Crippen molar-refractivity contribution >= 4 is 23.4 Å². The van der Waals surface area contributed by atoms with Crippen LogP contribution in [0.5, 0.6) is 0 Å². The van der Waals surface area contributed by atoms with Crippen molar-refractivity contribution in [2.75, 3.05) is 11.9 Å². The topological polar surface area (TPSA) is 78.5 Å². The molecule has 1 saturated heterocycles. The first-order chi connectivity index (χ1) is 12.9. The Morgan fingerprint density at radius 1 is 1.19 bits per heavy atom. The molecule has 0 bridgehead atoms. The Balaban J connectivity index is 1.54. The lowest BCUT2D eigenvalue weighted by molar-refractivity contribution is -0.128. The second kappa shape index (κ2) is 7.99. The molecule has 1 aliphatic heterocycles. The minimum atomic E-state index is -0.433. The van der Waals surface area contributed by atoms with E-state index in [-0.39, 0.29) is 30.0 Å². The van der Waals surface area contributed by atoms with Gasteiger partial charge in [0.05, 0.1) is 6.04 Å². The highest BCUT2D eigenvalue weighted by Gasteiger charge is 2.30. The number of anilines is 1. The number of likely N-dealkylation sites (tertiary alicyclic amines) is 1. The largest absolute Gasteiger partial charge is 0.336 e. The summed E-state index contributed by atoms with van der Waals surface area (Å²) < 4.78 is 13.0. The molecule has 0 spiro atoms. The zero-order chi connectivity index (χ0) is 19.4. The van der Waals surface area contributed by atoms with Gasteiger partial charge in [-0.25, -0.2) is 9.18 Å². The summed E-state index contributed by atoms with van der Waals surface area (Å²) in [5.74, 6) is -0.475. The van der Waals surface area contributed by atoms with Crippen LogP contribution in [-0.4, -0.2) is 35.2 Å². The Morgan fingerprint density at radius 3 is 2.63 bits per heavy atom. The number of carbonyl (C=O) groups is 3. The van der Waals surface area contributed by atoms with Gasteiger partial charge in [0.2, 0.25) is 5.91 Å². The van der Waals surface area contributed by atoms with Crippen LogP contribution in [0.4, 0.5) is 14.9 Å². The highest BCUT2D eigenvalue weighted by atomic mass is 19.1. The maximum Gasteiger partial charge on any atom is 0.319 e. The lowest BCUT2D eigenvalue weighted by atomic mass is 10.1. The van der Waals surface area contributed by atoms with Crippen LogP contribution < -0.4 is 10.6 Å². The molecule has 0 unspecified atom stereocenters. The summed E-state index contributed by atoms with van der Waals surface area (Å²) >= 11 is 0. The van der Waals surface area contributed by atoms with Gasteiger partial charge >= 0.3 is 6.03 Å². The number of amides is 3. The van der Waals surface area contributed by atoms with E-state index in [1.807, 2.05) is 0 Å². The maximum absolute atomic E-state index is 13.0. The number of hydrogen-bond donors (Lipinski definition) is 2. The van der Waals surface area contributed by atoms with Gasteiger partial charge in [-0.15, -0.1) is 0 Å². The number of nitrogens with zero attached hydrogens (tertiary/aromatic N) is 1. The average molecular weight is 369 g/mol. The van der Waals surface area contributed by atoms with E-state index in [9.17, 15) is 18.8 Å². The van der Waals surface area contributed by atoms with Gasteiger partial charge in [-0.3, -0.25) is 9.59 Å². The molecule has 0 saturated carbocycles. The van der Waals surface area contributed by atoms with E-state index in [1.54, 1.807) is 41.3 Å². The van der Waals surface area contributed by atoms with Crippen LogP contribution in [-0.2, 0) is 11.3 Å². The molecular formula is C20H20FN3O3. The molecule has 1 aliphatic rings. The smallest absolute Gasteiger partial charge is 0.319 e. The van der Waals surface area contributed by atoms with Gasteiger partial charge in [-0.2, -0.15) is 0 Å². The van der Waals surface area contributed by atoms with Crippen molar-refractivity contribution in [2.24, 2.45) is 0 Å². The lowest BCUT2D eigenvalue weighted by Crippen LogP contribution is -2.39. The van der Waals surface area contributed by atoms with E-state index < -0.39 is 6.03 Å². The molecule has 1 atom stereocenters. The number of hydrogen-bond acceptors (Lipinski definition) is 3. The quantitative estimate of drug-likeness (QED) is 0.796. The minimum absolute atomic E-state index is 0.0665. The number of rotatable bonds is 5. The van der Waals surface area contributed by atoms with E-state index >= 15 is 0 Å². The van der Waals surface area contributed by atoms with Crippen molar-refractivity contribution in [3.8, 4) is 0 Å². The summed E-state index contributed by atoms with van der Waals surface area (Å²) in [6, 6.07) is 11.9. The van der Waals surface area contributed by atoms with Crippen LogP contribution in [0.25, 0.3) is 0 Å². The lowest BCUT2D eigenvalue weighted by Gasteiger charge is -2.17. The number of nitrogens with one attached hydrogen (secondary N) is 2. The summed E-state index contributed by atoms with van der Waals surface area (Å²) in [5, 5.41) is 5.45. The maximum atomic E-state index is 13.0. The standard InChI is InChI=1S/C20H20FN3O3/c1-13(25)15-3-2-4-17(9-15)22-20(27)23-18-10-19(26)24(12-18)11-14-5-7-16(21)8-6-14/h2-9,18H,10-12H2,1H3,(H2,22,23,27)/t18-/m0/s1. The predicted molar refractivity (Wildman–Crippen MR) is 98.8 cm³/mol. The molecule has 2 aromatic carbocycles. The third kappa shape index (κ3) is 4.91. The molecule has 1 heterocycles. The third-order valence-electron chi connectivity index (χ3n) is 4.36. The molecule has 1 fully saturated rings. The van der Waals surface area contributed by atoms with Crippen molar-refractivity contribution in [1.82, 2.24) is 10.2 Å². The van der Waals surface area contributed by atoms with Gasteiger partial charge in [0.1, 0.15) is 5.82 Å². The van der Waals surface area contributed by atoms with E-state index in [2.05, 4.69) is 10.6 Å². The normalized spacial score (nSPS) is 16.3. The van der Waals surface area contributed by atoms with Crippen LogP contribution in [0.2, 0.25) is 0 Å². The van der Waals surface area contributed by atoms with Gasteiger partial charge in [0.15, 0.2) is 5.78 Å². The summed E-state index contributed by atoms with van der Waals surface area (Å²) in [4.78, 5) is 37.4. The Bertz CT molecular complexity index is 867. The number of ketones is 1. The zero-order valence-corrected chi connectivity index (χ0v) is 14.9. The zero-order valence-electron chi connectivity index (χ0n) is 14.9. The van der Waals surface area contributed by atoms with Gasteiger partial charge in [0, 0.05) is 30.8 Å². The molecule has 6 nitrogen and oxygen atoms in total. The first-order valence-corrected chi connectivity index (χ1v) is 8.61. The number of halogens is 1. The number of carbonyl (C=O) groups excluding carboxylic acids is 3. The number of benzene rings is 2. The van der Waals surface area contributed by atoms with E-state index in [1.165, 1.54) is 19.1 Å². The van der Waals surface area contributed by atoms with Gasteiger partial charge in [-0.05, 0) is 36.8 Å². The van der Waals surface area contributed by atoms with Gasteiger partial charge in [-0.1, -0.05) is 24.3 Å². The molecule has 140 valence electrons. The molecule has 2 aromatic rings. The fourth-order valence-corrected chi connectivity index (χ4v) is 3.00. The van der Waals surface area contributed by atoms with E-state index in [0.29, 0.717) is 24.3 Å². The van der Waals surface area contributed by atoms with Crippen LogP contribution in [0, 0.1) is 5.82 Å². The monoisotopic (exact) mass is 369 g/mol. The molecule has 3 rings (SSSR count). The molecule has 27 heavy (non-hydrogen) atoms. The van der Waals surface area contributed by atoms with E-state index in [0.717, 1.165) is 5.56 Å². The first-order valence-electron chi connectivity index (χ1n) is 8.61. The van der Waals surface area contributed by atoms with Gasteiger partial charge < -0.3 is 15.5 Å². The average Bonchev–Trinajstić information content (AvgIpc) is 2.96. The number of urea groups is 1. The van der Waals surface area contributed by atoms with E-state index in [4.69, 9.17) is 0 Å². The Labute approximate surface area is 156 Å². The molecule has 0 aromatic heterocycles. The Morgan fingerprint density at radius 2 is 1.93 bits per heavy atom. The Hall–Kier alpha value is -3.22. The first kappa shape index (κ1) is 18.6. The molecular weight excluding hydrogens is 349 g/mol. The van der Waals surface area contributed by atoms with Crippen molar-refractivity contribution in [3.63, 3.8) is 0 Å². The van der Waals surface area contributed by atoms with Crippen molar-refractivity contribution < 1.29 is 18.8 Å². The molecule has 7 heteroatoms. The second-order valence-corrected chi connectivity index (χ2v) is 6.54. The van der Waals surface area contributed by atoms with Crippen molar-refractivity contribution in [1.29, 1.82) is 0 Å². The summed E-state index contributed by atoms with van der Waals surface area (Å²) in [7, 11) is 0. The third-order valence-corrected chi connectivity index (χ3v) is 4.36. The van der Waals surface area contributed by atoms with Gasteiger partial charge in [0.25, 0.3) is 0 Å². The highest BCUT2D eigenvalue weighted by Crippen LogP contribution is 2.16. The summed E-state index contributed by atoms with van der Waals surface area (Å²) in [6.07, 6.45) is 0.210. The van der Waals surface area contributed by atoms with Crippen molar-refractivity contribution in [2.45, 2.75) is 25.9 Å². The fraction of sp³-hybridized carbons (Fsp3) is 0.250. The molecule has 3 amide bonds. The van der Waals surface area contributed by atoms with Crippen molar-refractivity contribution in [3.05, 3.63) is 65.5 Å². The van der Waals surface area contributed by atoms with Crippen LogP contribution in [0.15, 0.2) is 48.5 Å². The minimum Gasteiger partial charge on any atom is -0.336 e. The fourth-order valence-electron chi connectivity index (χ4n) is 3.00. The highest BCUT2D eigenvalue weighted by molar-refractivity contribution is 5.97. The second-order valence-electron chi connectivity index (χ2n) is 6.54. The van der Waals surface area contributed by atoms with Crippen LogP contribution >= 0.6 is 0 Å². The number of Topliss-reactive ketones (excluding diaryl/α,β-unsaturated/α-hetero) is 1. The molecule has 0 aliphatic carbocycles. The SMILES string of the molecule is CC(=O)c1cccc(NC(=O)N[C@H]2CC(=O)N(Cc3ccc(F)cc3)C2)c1. The van der Waals surface area contributed by atoms with Crippen LogP contribution in [0.3, 0.4) is 0 Å². The van der Waals surface area contributed by atoms with Crippen LogP contribution in [0.1, 0.15) is 29.3 Å². The predicted octanol–water partition coefficient (Wildman–Crippen LogP) is 2.95. The summed E-state index contributed by atoms with van der Waals surface area (Å²) in [6.45, 7) is 2.22. The molecule has 2 N–H and O–H groups in total. The summed E-state index contributed by atoms with van der Waals surface area (Å²) in [5.41, 5.74) is 1.85.